The summed E-state index contributed by atoms with van der Waals surface area (Å²) < 4.78 is 7.46. The minimum Gasteiger partial charge on any atom is -0.380 e. The molecule has 1 saturated carbocycles. The van der Waals surface area contributed by atoms with Crippen LogP contribution in [0.25, 0.3) is 0 Å². The van der Waals surface area contributed by atoms with E-state index in [9.17, 15) is 4.79 Å². The quantitative estimate of drug-likeness (QED) is 0.778. The molecule has 19 heavy (non-hydrogen) atoms. The summed E-state index contributed by atoms with van der Waals surface area (Å²) in [5.41, 5.74) is 2.39. The molecule has 1 spiro atoms. The van der Waals surface area contributed by atoms with Crippen molar-refractivity contribution in [1.82, 2.24) is 9.55 Å². The average molecular weight is 260 g/mol. The van der Waals surface area contributed by atoms with E-state index in [2.05, 4.69) is 23.4 Å². The van der Waals surface area contributed by atoms with Gasteiger partial charge in [0.05, 0.1) is 25.2 Å². The molecular formula is C15H20N2O2. The summed E-state index contributed by atoms with van der Waals surface area (Å²) in [7, 11) is 0. The number of carbonyl (C=O) groups excluding carboxylic acids is 1. The minimum atomic E-state index is 0.0614. The first kappa shape index (κ1) is 11.6. The van der Waals surface area contributed by atoms with Crippen LogP contribution in [0.4, 0.5) is 0 Å². The van der Waals surface area contributed by atoms with E-state index >= 15 is 0 Å². The van der Waals surface area contributed by atoms with Crippen LogP contribution >= 0.6 is 0 Å². The van der Waals surface area contributed by atoms with Crippen LogP contribution in [0.5, 0.6) is 0 Å². The molecule has 0 aromatic carbocycles. The number of nitrogens with zero attached hydrogens (tertiary/aromatic N) is 2. The van der Waals surface area contributed by atoms with Crippen molar-refractivity contribution in [3.8, 4) is 0 Å². The summed E-state index contributed by atoms with van der Waals surface area (Å²) in [6.45, 7) is 6.11. The van der Waals surface area contributed by atoms with Gasteiger partial charge in [0.2, 0.25) is 0 Å². The largest absolute Gasteiger partial charge is 0.380 e. The number of rotatable bonds is 1. The third kappa shape index (κ3) is 1.62. The number of fused-ring (bicyclic) bond motifs is 1. The number of hydrogen-bond acceptors (Lipinski definition) is 3. The zero-order chi connectivity index (χ0) is 13.3. The number of aromatic nitrogens is 2. The molecule has 1 saturated heterocycles. The summed E-state index contributed by atoms with van der Waals surface area (Å²) in [6, 6.07) is 0.463. The number of Topliss-reactive ketones (excluding diaryl/α,β-unsaturated/α-hetero) is 1. The molecule has 4 rings (SSSR count). The monoisotopic (exact) mass is 260 g/mol. The van der Waals surface area contributed by atoms with E-state index < -0.39 is 0 Å². The number of carbonyl (C=O) groups is 1. The Morgan fingerprint density at radius 3 is 2.68 bits per heavy atom. The summed E-state index contributed by atoms with van der Waals surface area (Å²) in [6.07, 6.45) is 5.74. The van der Waals surface area contributed by atoms with Gasteiger partial charge in [-0.3, -0.25) is 4.79 Å². The van der Waals surface area contributed by atoms with Gasteiger partial charge < -0.3 is 9.30 Å². The van der Waals surface area contributed by atoms with Crippen LogP contribution in [0.2, 0.25) is 0 Å². The molecule has 4 heteroatoms. The van der Waals surface area contributed by atoms with Gasteiger partial charge in [-0.25, -0.2) is 4.98 Å². The molecule has 0 radical (unpaired) electrons. The third-order valence-electron chi connectivity index (χ3n) is 4.97. The van der Waals surface area contributed by atoms with E-state index in [-0.39, 0.29) is 11.2 Å². The second kappa shape index (κ2) is 3.48. The predicted molar refractivity (Wildman–Crippen MR) is 70.2 cm³/mol. The van der Waals surface area contributed by atoms with Crippen LogP contribution in [-0.4, -0.2) is 28.5 Å². The highest BCUT2D eigenvalue weighted by molar-refractivity contribution is 5.97. The molecule has 0 bridgehead atoms. The second-order valence-corrected chi connectivity index (χ2v) is 7.44. The van der Waals surface area contributed by atoms with E-state index in [0.717, 1.165) is 43.9 Å². The standard InChI is InChI=1S/C15H20N2O2/c1-14(2)5-11-13(12(18)6-14)17(9-16-11)10-3-15(4-10)7-19-8-15/h9-10H,3-8H2,1-2H3. The van der Waals surface area contributed by atoms with Crippen molar-refractivity contribution in [3.63, 3.8) is 0 Å². The van der Waals surface area contributed by atoms with Crippen LogP contribution in [0, 0.1) is 10.8 Å². The molecule has 0 atom stereocenters. The molecule has 0 N–H and O–H groups in total. The lowest BCUT2D eigenvalue weighted by atomic mass is 9.64. The van der Waals surface area contributed by atoms with E-state index in [1.807, 2.05) is 6.33 Å². The Bertz CT molecular complexity index is 546. The SMILES string of the molecule is CC1(C)CC(=O)c2c(ncn2C2CC3(COC3)C2)C1. The molecule has 0 unspecified atom stereocenters. The summed E-state index contributed by atoms with van der Waals surface area (Å²) in [4.78, 5) is 16.9. The normalized spacial score (nSPS) is 27.8. The van der Waals surface area contributed by atoms with Gasteiger partial charge in [-0.1, -0.05) is 13.8 Å². The van der Waals surface area contributed by atoms with Crippen molar-refractivity contribution in [2.24, 2.45) is 10.8 Å². The Hall–Kier alpha value is -1.16. The Kier molecular flexibility index (Phi) is 2.13. The van der Waals surface area contributed by atoms with Gasteiger partial charge >= 0.3 is 0 Å². The maximum atomic E-state index is 12.4. The minimum absolute atomic E-state index is 0.0614. The zero-order valence-corrected chi connectivity index (χ0v) is 11.6. The molecule has 4 nitrogen and oxygen atoms in total. The topological polar surface area (TPSA) is 44.1 Å². The zero-order valence-electron chi connectivity index (χ0n) is 11.6. The second-order valence-electron chi connectivity index (χ2n) is 7.44. The van der Waals surface area contributed by atoms with Crippen LogP contribution in [0.15, 0.2) is 6.33 Å². The van der Waals surface area contributed by atoms with E-state index in [1.165, 1.54) is 0 Å². The van der Waals surface area contributed by atoms with Gasteiger partial charge in [-0.05, 0) is 24.7 Å². The van der Waals surface area contributed by atoms with Crippen LogP contribution in [0.1, 0.15) is 55.3 Å². The third-order valence-corrected chi connectivity index (χ3v) is 4.97. The number of ketones is 1. The Labute approximate surface area is 113 Å². The fourth-order valence-electron chi connectivity index (χ4n) is 3.91. The Morgan fingerprint density at radius 2 is 2.05 bits per heavy atom. The molecule has 0 amide bonds. The van der Waals surface area contributed by atoms with Crippen molar-refractivity contribution in [2.75, 3.05) is 13.2 Å². The van der Waals surface area contributed by atoms with Crippen molar-refractivity contribution in [1.29, 1.82) is 0 Å². The highest BCUT2D eigenvalue weighted by Gasteiger charge is 2.51. The Morgan fingerprint density at radius 1 is 1.32 bits per heavy atom. The lowest BCUT2D eigenvalue weighted by molar-refractivity contribution is -0.174. The van der Waals surface area contributed by atoms with Crippen molar-refractivity contribution >= 4 is 5.78 Å². The van der Waals surface area contributed by atoms with Crippen molar-refractivity contribution in [2.45, 2.75) is 45.6 Å². The molecule has 2 heterocycles. The maximum absolute atomic E-state index is 12.4. The lowest BCUT2D eigenvalue weighted by Gasteiger charge is -2.53. The average Bonchev–Trinajstić information content (AvgIpc) is 2.55. The molecule has 102 valence electrons. The molecule has 1 aliphatic heterocycles. The number of ether oxygens (including phenoxy) is 1. The fraction of sp³-hybridized carbons (Fsp3) is 0.733. The molecule has 2 aliphatic carbocycles. The van der Waals surface area contributed by atoms with Gasteiger partial charge in [-0.2, -0.15) is 0 Å². The molecule has 1 aromatic heterocycles. The highest BCUT2D eigenvalue weighted by Crippen LogP contribution is 2.53. The fourth-order valence-corrected chi connectivity index (χ4v) is 3.91. The van der Waals surface area contributed by atoms with Gasteiger partial charge in [-0.15, -0.1) is 0 Å². The highest BCUT2D eigenvalue weighted by atomic mass is 16.5. The van der Waals surface area contributed by atoms with Crippen LogP contribution in [0.3, 0.4) is 0 Å². The van der Waals surface area contributed by atoms with E-state index in [1.54, 1.807) is 0 Å². The van der Waals surface area contributed by atoms with Crippen LogP contribution in [-0.2, 0) is 11.2 Å². The molecule has 2 fully saturated rings. The van der Waals surface area contributed by atoms with Gasteiger partial charge in [0, 0.05) is 17.9 Å². The lowest BCUT2D eigenvalue weighted by Crippen LogP contribution is -2.52. The van der Waals surface area contributed by atoms with Gasteiger partial charge in [0.25, 0.3) is 0 Å². The number of hydrogen-bond donors (Lipinski definition) is 0. The number of imidazole rings is 1. The van der Waals surface area contributed by atoms with Crippen LogP contribution < -0.4 is 0 Å². The summed E-state index contributed by atoms with van der Waals surface area (Å²) in [5, 5.41) is 0. The van der Waals surface area contributed by atoms with Crippen molar-refractivity contribution < 1.29 is 9.53 Å². The Balaban J connectivity index is 1.62. The molecule has 3 aliphatic rings. The molecule has 1 aromatic rings. The van der Waals surface area contributed by atoms with Gasteiger partial charge in [0.15, 0.2) is 5.78 Å². The maximum Gasteiger partial charge on any atom is 0.181 e. The van der Waals surface area contributed by atoms with Gasteiger partial charge in [0.1, 0.15) is 5.69 Å². The summed E-state index contributed by atoms with van der Waals surface area (Å²) >= 11 is 0. The predicted octanol–water partition coefficient (Wildman–Crippen LogP) is 2.39. The first-order valence-electron chi connectivity index (χ1n) is 7.15. The van der Waals surface area contributed by atoms with Crippen molar-refractivity contribution in [3.05, 3.63) is 17.7 Å². The van der Waals surface area contributed by atoms with E-state index in [4.69, 9.17) is 4.74 Å². The molecular weight excluding hydrogens is 240 g/mol. The first-order chi connectivity index (χ1) is 8.98. The first-order valence-corrected chi connectivity index (χ1v) is 7.15. The smallest absolute Gasteiger partial charge is 0.181 e. The summed E-state index contributed by atoms with van der Waals surface area (Å²) in [5.74, 6) is 0.273. The van der Waals surface area contributed by atoms with E-state index in [0.29, 0.717) is 17.9 Å².